The number of hydrogen-bond acceptors (Lipinski definition) is 2. The summed E-state index contributed by atoms with van der Waals surface area (Å²) in [4.78, 5) is 4.10. The fourth-order valence-electron chi connectivity index (χ4n) is 0.773. The number of aromatic nitrogens is 1. The molecule has 13 heavy (non-hydrogen) atoms. The minimum absolute atomic E-state index is 0.530. The van der Waals surface area contributed by atoms with E-state index in [1.807, 2.05) is 12.1 Å². The van der Waals surface area contributed by atoms with Gasteiger partial charge in [-0.1, -0.05) is 31.6 Å². The Bertz CT molecular complexity index is 355. The summed E-state index contributed by atoms with van der Waals surface area (Å²) in [5.74, 6) is 3.58. The van der Waals surface area contributed by atoms with Crippen LogP contribution < -0.4 is 5.73 Å². The van der Waals surface area contributed by atoms with Gasteiger partial charge in [0.1, 0.15) is 19.6 Å². The van der Waals surface area contributed by atoms with E-state index < -0.39 is 8.07 Å². The third-order valence-corrected chi connectivity index (χ3v) is 2.21. The molecule has 0 aliphatic heterocycles. The van der Waals surface area contributed by atoms with Gasteiger partial charge in [-0.15, -0.1) is 5.54 Å². The fraction of sp³-hybridized carbons (Fsp3) is 0.300. The van der Waals surface area contributed by atoms with E-state index >= 15 is 0 Å². The summed E-state index contributed by atoms with van der Waals surface area (Å²) in [6.45, 7) is 6.60. The third-order valence-electron chi connectivity index (χ3n) is 1.34. The van der Waals surface area contributed by atoms with E-state index in [0.29, 0.717) is 5.82 Å². The lowest BCUT2D eigenvalue weighted by Gasteiger charge is -2.03. The summed E-state index contributed by atoms with van der Waals surface area (Å²) in [5, 5.41) is 0. The van der Waals surface area contributed by atoms with E-state index in [1.165, 1.54) is 0 Å². The van der Waals surface area contributed by atoms with E-state index in [9.17, 15) is 0 Å². The first-order valence-electron chi connectivity index (χ1n) is 4.23. The molecule has 2 N–H and O–H groups in total. The molecule has 0 aliphatic rings. The molecule has 3 heteroatoms. The van der Waals surface area contributed by atoms with Crippen LogP contribution in [0.25, 0.3) is 0 Å². The molecule has 0 radical (unpaired) electrons. The van der Waals surface area contributed by atoms with Gasteiger partial charge in [0.2, 0.25) is 0 Å². The molecule has 0 atom stereocenters. The van der Waals surface area contributed by atoms with Crippen LogP contribution in [0.4, 0.5) is 5.82 Å². The van der Waals surface area contributed by atoms with Crippen molar-refractivity contribution in [2.75, 3.05) is 5.73 Å². The van der Waals surface area contributed by atoms with E-state index in [2.05, 4.69) is 36.1 Å². The number of anilines is 1. The Kier molecular flexibility index (Phi) is 2.74. The van der Waals surface area contributed by atoms with Gasteiger partial charge in [-0.25, -0.2) is 4.98 Å². The Labute approximate surface area is 80.2 Å². The summed E-state index contributed by atoms with van der Waals surface area (Å²) in [5.41, 5.74) is 9.53. The number of pyridine rings is 1. The van der Waals surface area contributed by atoms with Crippen LogP contribution in [0.1, 0.15) is 5.69 Å². The molecule has 0 aliphatic carbocycles. The average Bonchev–Trinajstić information content (AvgIpc) is 2.00. The molecule has 0 unspecified atom stereocenters. The van der Waals surface area contributed by atoms with Gasteiger partial charge < -0.3 is 5.73 Å². The van der Waals surface area contributed by atoms with Crippen LogP contribution in [0, 0.1) is 11.5 Å². The van der Waals surface area contributed by atoms with E-state index in [1.54, 1.807) is 6.07 Å². The van der Waals surface area contributed by atoms with Gasteiger partial charge in [0.05, 0.1) is 0 Å². The smallest absolute Gasteiger partial charge is 0.129 e. The molecule has 0 amide bonds. The highest BCUT2D eigenvalue weighted by Gasteiger charge is 2.07. The molecule has 0 bridgehead atoms. The first-order valence-corrected chi connectivity index (χ1v) is 7.73. The van der Waals surface area contributed by atoms with Gasteiger partial charge in [-0.05, 0) is 12.1 Å². The predicted octanol–water partition coefficient (Wildman–Crippen LogP) is 1.89. The average molecular weight is 190 g/mol. The standard InChI is InChI=1S/C10H14N2Si/c1-13(2,3)8-7-9-5-4-6-10(11)12-9/h4-6H,1-3H3,(H2,11,12). The Morgan fingerprint density at radius 2 is 2.00 bits per heavy atom. The monoisotopic (exact) mass is 190 g/mol. The second-order valence-electron chi connectivity index (χ2n) is 3.95. The van der Waals surface area contributed by atoms with Crippen LogP contribution in [-0.4, -0.2) is 13.1 Å². The van der Waals surface area contributed by atoms with Crippen molar-refractivity contribution in [2.45, 2.75) is 19.6 Å². The minimum Gasteiger partial charge on any atom is -0.384 e. The van der Waals surface area contributed by atoms with E-state index in [4.69, 9.17) is 5.73 Å². The van der Waals surface area contributed by atoms with Gasteiger partial charge >= 0.3 is 0 Å². The molecule has 68 valence electrons. The Morgan fingerprint density at radius 1 is 1.31 bits per heavy atom. The molecule has 0 saturated carbocycles. The Balaban J connectivity index is 2.90. The molecule has 2 nitrogen and oxygen atoms in total. The number of rotatable bonds is 0. The topological polar surface area (TPSA) is 38.9 Å². The highest BCUT2D eigenvalue weighted by Crippen LogP contribution is 2.01. The first-order chi connectivity index (χ1) is 5.97. The summed E-state index contributed by atoms with van der Waals surface area (Å²) in [6.07, 6.45) is 0. The maximum absolute atomic E-state index is 5.53. The zero-order valence-corrected chi connectivity index (χ0v) is 9.26. The lowest BCUT2D eigenvalue weighted by molar-refractivity contribution is 1.30. The highest BCUT2D eigenvalue weighted by atomic mass is 28.3. The number of nitrogens with two attached hydrogens (primary N) is 1. The summed E-state index contributed by atoms with van der Waals surface area (Å²) < 4.78 is 0. The zero-order valence-electron chi connectivity index (χ0n) is 8.26. The van der Waals surface area contributed by atoms with Crippen LogP contribution in [0.5, 0.6) is 0 Å². The molecular formula is C10H14N2Si. The Hall–Kier alpha value is -1.27. The van der Waals surface area contributed by atoms with Crippen LogP contribution in [0.15, 0.2) is 18.2 Å². The van der Waals surface area contributed by atoms with Crippen LogP contribution in [0.3, 0.4) is 0 Å². The predicted molar refractivity (Wildman–Crippen MR) is 58.9 cm³/mol. The van der Waals surface area contributed by atoms with Crippen LogP contribution >= 0.6 is 0 Å². The lowest BCUT2D eigenvalue weighted by atomic mass is 10.3. The van der Waals surface area contributed by atoms with Crippen molar-refractivity contribution in [3.05, 3.63) is 23.9 Å². The molecule has 1 aromatic rings. The summed E-state index contributed by atoms with van der Waals surface area (Å²) in [6, 6.07) is 5.51. The Morgan fingerprint density at radius 3 is 2.54 bits per heavy atom. The minimum atomic E-state index is -1.30. The largest absolute Gasteiger partial charge is 0.384 e. The van der Waals surface area contributed by atoms with Gasteiger partial charge in [0, 0.05) is 0 Å². The van der Waals surface area contributed by atoms with Crippen molar-refractivity contribution in [1.29, 1.82) is 0 Å². The van der Waals surface area contributed by atoms with Gasteiger partial charge in [0.25, 0.3) is 0 Å². The lowest BCUT2D eigenvalue weighted by Crippen LogP contribution is -2.16. The van der Waals surface area contributed by atoms with Gasteiger partial charge in [-0.2, -0.15) is 0 Å². The molecule has 0 spiro atoms. The molecule has 1 heterocycles. The number of nitrogen functional groups attached to an aromatic ring is 1. The summed E-state index contributed by atoms with van der Waals surface area (Å²) in [7, 11) is -1.30. The molecule has 0 fully saturated rings. The van der Waals surface area contributed by atoms with Crippen molar-refractivity contribution in [3.8, 4) is 11.5 Å². The van der Waals surface area contributed by atoms with Crippen molar-refractivity contribution < 1.29 is 0 Å². The van der Waals surface area contributed by atoms with Crippen molar-refractivity contribution in [2.24, 2.45) is 0 Å². The van der Waals surface area contributed by atoms with Gasteiger partial charge in [-0.3, -0.25) is 0 Å². The van der Waals surface area contributed by atoms with Crippen LogP contribution in [0.2, 0.25) is 19.6 Å². The van der Waals surface area contributed by atoms with Crippen molar-refractivity contribution >= 4 is 13.9 Å². The number of nitrogens with zero attached hydrogens (tertiary/aromatic N) is 1. The zero-order chi connectivity index (χ0) is 9.90. The molecule has 1 rings (SSSR count). The number of hydrogen-bond donors (Lipinski definition) is 1. The quantitative estimate of drug-likeness (QED) is 0.501. The molecule has 1 aromatic heterocycles. The van der Waals surface area contributed by atoms with E-state index in [0.717, 1.165) is 5.69 Å². The highest BCUT2D eigenvalue weighted by molar-refractivity contribution is 6.83. The first kappa shape index (κ1) is 9.81. The summed E-state index contributed by atoms with van der Waals surface area (Å²) >= 11 is 0. The third kappa shape index (κ3) is 3.77. The van der Waals surface area contributed by atoms with Crippen molar-refractivity contribution in [1.82, 2.24) is 4.98 Å². The molecule has 0 aromatic carbocycles. The normalized spacial score (nSPS) is 10.4. The second-order valence-corrected chi connectivity index (χ2v) is 8.70. The molecular weight excluding hydrogens is 176 g/mol. The molecule has 0 saturated heterocycles. The SMILES string of the molecule is C[Si](C)(C)C#Cc1cccc(N)n1. The fourth-order valence-corrected chi connectivity index (χ4v) is 1.28. The van der Waals surface area contributed by atoms with E-state index in [-0.39, 0.29) is 0 Å². The second kappa shape index (κ2) is 3.63. The maximum atomic E-state index is 5.53. The van der Waals surface area contributed by atoms with Crippen LogP contribution in [-0.2, 0) is 0 Å². The van der Waals surface area contributed by atoms with Gasteiger partial charge in [0.15, 0.2) is 0 Å². The maximum Gasteiger partial charge on any atom is 0.129 e. The van der Waals surface area contributed by atoms with Crippen molar-refractivity contribution in [3.63, 3.8) is 0 Å².